The van der Waals surface area contributed by atoms with Crippen LogP contribution in [0.5, 0.6) is 0 Å². The molecule has 1 saturated carbocycles. The topological polar surface area (TPSA) is 12.0 Å². The van der Waals surface area contributed by atoms with E-state index in [1.165, 1.54) is 90.0 Å². The van der Waals surface area contributed by atoms with Gasteiger partial charge in [-0.05, 0) is 44.1 Å². The molecular weight excluding hydrogens is 254 g/mol. The predicted octanol–water partition coefficient (Wildman–Crippen LogP) is 6.32. The summed E-state index contributed by atoms with van der Waals surface area (Å²) in [5, 5.41) is 3.80. The molecule has 0 radical (unpaired) electrons. The second kappa shape index (κ2) is 12.5. The number of rotatable bonds is 12. The molecule has 1 N–H and O–H groups in total. The lowest BCUT2D eigenvalue weighted by molar-refractivity contribution is 0.226. The Labute approximate surface area is 134 Å². The summed E-state index contributed by atoms with van der Waals surface area (Å²) in [5.74, 6) is 1.87. The van der Waals surface area contributed by atoms with Crippen LogP contribution in [0.3, 0.4) is 0 Å². The summed E-state index contributed by atoms with van der Waals surface area (Å²) >= 11 is 0. The first-order valence-electron chi connectivity index (χ1n) is 9.97. The normalized spacial score (nSPS) is 26.1. The second-order valence-corrected chi connectivity index (χ2v) is 7.60. The molecule has 0 heterocycles. The van der Waals surface area contributed by atoms with Crippen molar-refractivity contribution in [2.24, 2.45) is 11.8 Å². The summed E-state index contributed by atoms with van der Waals surface area (Å²) in [5.41, 5.74) is 0. The van der Waals surface area contributed by atoms with Gasteiger partial charge in [-0.2, -0.15) is 0 Å². The van der Waals surface area contributed by atoms with Crippen molar-refractivity contribution in [1.82, 2.24) is 5.32 Å². The molecule has 3 atom stereocenters. The van der Waals surface area contributed by atoms with Crippen molar-refractivity contribution in [3.8, 4) is 0 Å². The van der Waals surface area contributed by atoms with E-state index >= 15 is 0 Å². The first kappa shape index (κ1) is 19.0. The molecule has 1 heteroatoms. The lowest BCUT2D eigenvalue weighted by Crippen LogP contribution is -2.36. The quantitative estimate of drug-likeness (QED) is 0.415. The molecule has 3 unspecified atom stereocenters. The van der Waals surface area contributed by atoms with Crippen LogP contribution >= 0.6 is 0 Å². The minimum Gasteiger partial charge on any atom is -0.314 e. The van der Waals surface area contributed by atoms with Crippen LogP contribution in [-0.2, 0) is 0 Å². The van der Waals surface area contributed by atoms with Gasteiger partial charge in [-0.25, -0.2) is 0 Å². The Morgan fingerprint density at radius 1 is 0.714 bits per heavy atom. The minimum atomic E-state index is 0.815. The molecule has 126 valence electrons. The van der Waals surface area contributed by atoms with Gasteiger partial charge in [-0.1, -0.05) is 78.6 Å². The van der Waals surface area contributed by atoms with Crippen molar-refractivity contribution in [2.75, 3.05) is 6.54 Å². The van der Waals surface area contributed by atoms with E-state index < -0.39 is 0 Å². The second-order valence-electron chi connectivity index (χ2n) is 7.60. The monoisotopic (exact) mass is 295 g/mol. The SMILES string of the molecule is CCCCCCCCCCCCNC1CCC(C)C(C)C1. The van der Waals surface area contributed by atoms with Crippen LogP contribution in [0, 0.1) is 11.8 Å². The molecule has 0 aromatic carbocycles. The summed E-state index contributed by atoms with van der Waals surface area (Å²) in [6.07, 6.45) is 18.6. The van der Waals surface area contributed by atoms with E-state index in [0.29, 0.717) is 0 Å². The highest BCUT2D eigenvalue weighted by Crippen LogP contribution is 2.29. The van der Waals surface area contributed by atoms with Gasteiger partial charge in [0.15, 0.2) is 0 Å². The summed E-state index contributed by atoms with van der Waals surface area (Å²) in [4.78, 5) is 0. The van der Waals surface area contributed by atoms with Crippen molar-refractivity contribution >= 4 is 0 Å². The van der Waals surface area contributed by atoms with Gasteiger partial charge >= 0.3 is 0 Å². The van der Waals surface area contributed by atoms with Crippen molar-refractivity contribution in [3.63, 3.8) is 0 Å². The standard InChI is InChI=1S/C20H41N/c1-4-5-6-7-8-9-10-11-12-13-16-21-20-15-14-18(2)19(3)17-20/h18-21H,4-17H2,1-3H3. The van der Waals surface area contributed by atoms with E-state index in [1.807, 2.05) is 0 Å². The summed E-state index contributed by atoms with van der Waals surface area (Å²) < 4.78 is 0. The molecule has 1 fully saturated rings. The van der Waals surface area contributed by atoms with Gasteiger partial charge in [0.05, 0.1) is 0 Å². The Morgan fingerprint density at radius 2 is 1.29 bits per heavy atom. The number of hydrogen-bond acceptors (Lipinski definition) is 1. The third-order valence-electron chi connectivity index (χ3n) is 5.56. The average Bonchev–Trinajstić information content (AvgIpc) is 2.48. The molecule has 0 aliphatic heterocycles. The van der Waals surface area contributed by atoms with Crippen LogP contribution in [0.25, 0.3) is 0 Å². The first-order chi connectivity index (χ1) is 10.2. The molecule has 1 nitrogen and oxygen atoms in total. The molecule has 1 aliphatic rings. The number of nitrogens with one attached hydrogen (secondary N) is 1. The van der Waals surface area contributed by atoms with Crippen LogP contribution in [-0.4, -0.2) is 12.6 Å². The van der Waals surface area contributed by atoms with E-state index in [0.717, 1.165) is 17.9 Å². The maximum absolute atomic E-state index is 3.80. The zero-order valence-corrected chi connectivity index (χ0v) is 15.1. The Bertz CT molecular complexity index is 226. The van der Waals surface area contributed by atoms with Gasteiger partial charge in [0, 0.05) is 6.04 Å². The zero-order valence-electron chi connectivity index (χ0n) is 15.1. The van der Waals surface area contributed by atoms with Gasteiger partial charge in [0.25, 0.3) is 0 Å². The highest BCUT2D eigenvalue weighted by atomic mass is 14.9. The van der Waals surface area contributed by atoms with Crippen LogP contribution < -0.4 is 5.32 Å². The molecule has 1 aliphatic carbocycles. The maximum Gasteiger partial charge on any atom is 0.00698 e. The first-order valence-corrected chi connectivity index (χ1v) is 9.97. The van der Waals surface area contributed by atoms with Crippen LogP contribution in [0.2, 0.25) is 0 Å². The fourth-order valence-corrected chi connectivity index (χ4v) is 3.65. The Hall–Kier alpha value is -0.0400. The fraction of sp³-hybridized carbons (Fsp3) is 1.00. The molecule has 0 spiro atoms. The van der Waals surface area contributed by atoms with E-state index in [2.05, 4.69) is 26.1 Å². The smallest absolute Gasteiger partial charge is 0.00698 e. The largest absolute Gasteiger partial charge is 0.314 e. The highest BCUT2D eigenvalue weighted by Gasteiger charge is 2.23. The predicted molar refractivity (Wildman–Crippen MR) is 95.8 cm³/mol. The molecular formula is C20H41N. The zero-order chi connectivity index (χ0) is 15.3. The molecule has 0 amide bonds. The van der Waals surface area contributed by atoms with Crippen molar-refractivity contribution in [3.05, 3.63) is 0 Å². The van der Waals surface area contributed by atoms with E-state index in [1.54, 1.807) is 0 Å². The Morgan fingerprint density at radius 3 is 1.86 bits per heavy atom. The van der Waals surface area contributed by atoms with Crippen LogP contribution in [0.15, 0.2) is 0 Å². The van der Waals surface area contributed by atoms with Crippen LogP contribution in [0.4, 0.5) is 0 Å². The third kappa shape index (κ3) is 9.55. The van der Waals surface area contributed by atoms with Gasteiger partial charge in [-0.3, -0.25) is 0 Å². The number of hydrogen-bond donors (Lipinski definition) is 1. The maximum atomic E-state index is 3.80. The van der Waals surface area contributed by atoms with Gasteiger partial charge in [0.2, 0.25) is 0 Å². The fourth-order valence-electron chi connectivity index (χ4n) is 3.65. The lowest BCUT2D eigenvalue weighted by atomic mass is 9.79. The third-order valence-corrected chi connectivity index (χ3v) is 5.56. The molecule has 0 saturated heterocycles. The van der Waals surface area contributed by atoms with Crippen molar-refractivity contribution < 1.29 is 0 Å². The summed E-state index contributed by atoms with van der Waals surface area (Å²) in [6.45, 7) is 8.40. The van der Waals surface area contributed by atoms with E-state index in [-0.39, 0.29) is 0 Å². The molecule has 0 aromatic rings. The Kier molecular flexibility index (Phi) is 11.3. The molecule has 0 aromatic heterocycles. The molecule has 0 bridgehead atoms. The van der Waals surface area contributed by atoms with E-state index in [4.69, 9.17) is 0 Å². The summed E-state index contributed by atoms with van der Waals surface area (Å²) in [6, 6.07) is 0.815. The van der Waals surface area contributed by atoms with Crippen molar-refractivity contribution in [1.29, 1.82) is 0 Å². The average molecular weight is 296 g/mol. The van der Waals surface area contributed by atoms with Crippen molar-refractivity contribution in [2.45, 2.75) is 110 Å². The molecule has 1 rings (SSSR count). The minimum absolute atomic E-state index is 0.815. The van der Waals surface area contributed by atoms with E-state index in [9.17, 15) is 0 Å². The highest BCUT2D eigenvalue weighted by molar-refractivity contribution is 4.79. The summed E-state index contributed by atoms with van der Waals surface area (Å²) in [7, 11) is 0. The lowest BCUT2D eigenvalue weighted by Gasteiger charge is -2.32. The molecule has 21 heavy (non-hydrogen) atoms. The van der Waals surface area contributed by atoms with Gasteiger partial charge in [-0.15, -0.1) is 0 Å². The van der Waals surface area contributed by atoms with Gasteiger partial charge < -0.3 is 5.32 Å². The van der Waals surface area contributed by atoms with Gasteiger partial charge in [0.1, 0.15) is 0 Å². The Balaban J connectivity index is 1.80. The number of unbranched alkanes of at least 4 members (excludes halogenated alkanes) is 9. The van der Waals surface area contributed by atoms with Crippen LogP contribution in [0.1, 0.15) is 104 Å².